The van der Waals surface area contributed by atoms with Crippen LogP contribution in [0.3, 0.4) is 0 Å². The molecule has 0 bridgehead atoms. The molecule has 0 N–H and O–H groups in total. The third-order valence-corrected chi connectivity index (χ3v) is 17.4. The highest BCUT2D eigenvalue weighted by molar-refractivity contribution is 6.25. The first kappa shape index (κ1) is 39.8. The second-order valence-corrected chi connectivity index (χ2v) is 22.1. The Labute approximate surface area is 498 Å². The Kier molecular flexibility index (Phi) is 9.26. The number of benzene rings is 9. The van der Waals surface area contributed by atoms with Crippen LogP contribution in [0.5, 0.6) is 0 Å². The van der Waals surface area contributed by atoms with Gasteiger partial charge in [0.15, 0.2) is 0 Å². The Bertz CT molecular complexity index is 5170. The molecule has 4 unspecified atom stereocenters. The first-order valence-electron chi connectivity index (χ1n) is 34.0. The van der Waals surface area contributed by atoms with Crippen LogP contribution in [-0.2, 0) is 18.3 Å². The normalized spacial score (nSPS) is 21.0. The predicted octanol–water partition coefficient (Wildman–Crippen LogP) is 21.0. The Morgan fingerprint density at radius 1 is 0.518 bits per heavy atom. The number of pyridine rings is 2. The first-order chi connectivity index (χ1) is 45.0. The molecule has 16 rings (SSSR count). The van der Waals surface area contributed by atoms with E-state index in [2.05, 4.69) is 145 Å². The number of para-hydroxylation sites is 2. The molecule has 9 aromatic carbocycles. The highest BCUT2D eigenvalue weighted by Gasteiger charge is 2.55. The van der Waals surface area contributed by atoms with Gasteiger partial charge in [-0.2, -0.15) is 0 Å². The van der Waals surface area contributed by atoms with Crippen molar-refractivity contribution in [2.75, 3.05) is 9.80 Å². The van der Waals surface area contributed by atoms with Crippen LogP contribution in [0.2, 0.25) is 0 Å². The lowest BCUT2D eigenvalue weighted by atomic mass is 9.70. The SMILES string of the molecule is [2H]c1c([2H])c([2H])c(-c2cc(C)cnc2N(c2ccc(CC)cc2)c2cc3c(c4oc5ccccc5c24)-c2c(cc(N(c4ccc(CC)cc4)c4ncc(C)cc4C4C([2H])C([2H])C([2H])C([2H])C4[2H])c4c2oc2ccccc24)C32c3ccccc3-c3ccccc32)c([2H])c1[2H]. The maximum atomic E-state index is 9.69. The van der Waals surface area contributed by atoms with Crippen LogP contribution < -0.4 is 9.80 Å². The van der Waals surface area contributed by atoms with E-state index in [9.17, 15) is 8.22 Å². The molecule has 13 aromatic rings. The second-order valence-electron chi connectivity index (χ2n) is 22.1. The molecular formula is C77H62N4O2. The van der Waals surface area contributed by atoms with E-state index < -0.39 is 61.4 Å². The lowest BCUT2D eigenvalue weighted by molar-refractivity contribution is 0.443. The standard InChI is InChI=1S/C77H62N4O2/c1-5-49-33-37-53(38-34-49)80(75-59(41-47(3)45-78-75)51-21-9-7-10-22-51)65-43-63-71(73-69(65)57-27-15-19-31-67(57)82-73)72-64(77(63)61-29-17-13-25-55(61)56-26-14-18-30-62(56)77)44-66(70-58-28-16-20-32-68(58)83-74(70)72)81(54-39-35-50(6-2)36-40-54)76-60(42-48(4)46-79-76)52-23-11-8-12-24-52/h7,9-10,13-22,25-46,52H,5-6,8,11-12,23-24H2,1-4H3/i7D,8D,9D,10D,11D,12D,21D,22D,23D,24D. The highest BCUT2D eigenvalue weighted by Crippen LogP contribution is 2.68. The maximum absolute atomic E-state index is 9.69. The van der Waals surface area contributed by atoms with Gasteiger partial charge in [0.05, 0.1) is 34.4 Å². The smallest absolute Gasteiger partial charge is 0.145 e. The summed E-state index contributed by atoms with van der Waals surface area (Å²) in [6.45, 7) is 8.03. The number of nitrogens with zero attached hydrogens (tertiary/aromatic N) is 4. The van der Waals surface area contributed by atoms with Crippen molar-refractivity contribution in [3.63, 3.8) is 0 Å². The van der Waals surface area contributed by atoms with Gasteiger partial charge in [0.25, 0.3) is 0 Å². The molecule has 83 heavy (non-hydrogen) atoms. The fraction of sp³-hybridized carbons (Fsp3) is 0.169. The summed E-state index contributed by atoms with van der Waals surface area (Å²) in [5, 5.41) is 3.11. The largest absolute Gasteiger partial charge is 0.455 e. The lowest BCUT2D eigenvalue weighted by Crippen LogP contribution is -2.27. The van der Waals surface area contributed by atoms with Crippen molar-refractivity contribution in [1.29, 1.82) is 0 Å². The third kappa shape index (κ3) is 7.41. The molecule has 6 heteroatoms. The molecule has 0 saturated heterocycles. The number of aromatic nitrogens is 2. The van der Waals surface area contributed by atoms with E-state index in [1.165, 1.54) is 0 Å². The summed E-state index contributed by atoms with van der Waals surface area (Å²) in [7, 11) is 0. The van der Waals surface area contributed by atoms with Crippen molar-refractivity contribution in [3.05, 3.63) is 263 Å². The third-order valence-electron chi connectivity index (χ3n) is 17.4. The minimum Gasteiger partial charge on any atom is -0.455 e. The van der Waals surface area contributed by atoms with Gasteiger partial charge in [0.1, 0.15) is 34.0 Å². The van der Waals surface area contributed by atoms with Gasteiger partial charge in [-0.3, -0.25) is 9.80 Å². The van der Waals surface area contributed by atoms with Crippen LogP contribution in [0.15, 0.2) is 221 Å². The zero-order chi connectivity index (χ0) is 64.2. The van der Waals surface area contributed by atoms with E-state index in [0.29, 0.717) is 62.2 Å². The molecule has 402 valence electrons. The number of hydrogen-bond donors (Lipinski definition) is 0. The van der Waals surface area contributed by atoms with Crippen molar-refractivity contribution < 1.29 is 22.5 Å². The van der Waals surface area contributed by atoms with Gasteiger partial charge in [-0.1, -0.05) is 179 Å². The quantitative estimate of drug-likeness (QED) is 0.136. The van der Waals surface area contributed by atoms with E-state index in [4.69, 9.17) is 24.3 Å². The van der Waals surface area contributed by atoms with E-state index in [-0.39, 0.29) is 17.6 Å². The van der Waals surface area contributed by atoms with Gasteiger partial charge in [0.2, 0.25) is 0 Å². The lowest BCUT2D eigenvalue weighted by Gasteiger charge is -2.34. The fourth-order valence-electron chi connectivity index (χ4n) is 13.7. The van der Waals surface area contributed by atoms with Crippen molar-refractivity contribution >= 4 is 78.3 Å². The van der Waals surface area contributed by atoms with E-state index in [0.717, 1.165) is 107 Å². The zero-order valence-corrected chi connectivity index (χ0v) is 46.3. The number of aryl methyl sites for hydroxylation is 4. The fourth-order valence-corrected chi connectivity index (χ4v) is 13.7. The maximum Gasteiger partial charge on any atom is 0.145 e. The summed E-state index contributed by atoms with van der Waals surface area (Å²) in [5.74, 6) is -0.200. The number of furan rings is 2. The van der Waals surface area contributed by atoms with E-state index in [1.807, 2.05) is 62.4 Å². The predicted molar refractivity (Wildman–Crippen MR) is 342 cm³/mol. The molecule has 4 heterocycles. The Hall–Kier alpha value is -9.52. The Morgan fingerprint density at radius 3 is 1.54 bits per heavy atom. The van der Waals surface area contributed by atoms with E-state index in [1.54, 1.807) is 12.4 Å². The van der Waals surface area contributed by atoms with Crippen molar-refractivity contribution in [3.8, 4) is 33.4 Å². The molecule has 1 saturated carbocycles. The summed E-state index contributed by atoms with van der Waals surface area (Å²) in [6.07, 6.45) is -1.06. The molecule has 3 aliphatic carbocycles. The minimum absolute atomic E-state index is 0.0128. The van der Waals surface area contributed by atoms with E-state index >= 15 is 0 Å². The summed E-state index contributed by atoms with van der Waals surface area (Å²) < 4.78 is 107. The first-order valence-corrected chi connectivity index (χ1v) is 28.6. The van der Waals surface area contributed by atoms with Crippen LogP contribution in [0.4, 0.5) is 34.4 Å². The van der Waals surface area contributed by atoms with Crippen molar-refractivity contribution in [2.24, 2.45) is 0 Å². The Morgan fingerprint density at radius 2 is 1.00 bits per heavy atom. The van der Waals surface area contributed by atoms with Gasteiger partial charge < -0.3 is 8.83 Å². The molecule has 0 amide bonds. The number of rotatable bonds is 10. The summed E-state index contributed by atoms with van der Waals surface area (Å²) in [5.41, 5.74) is 16.0. The number of anilines is 6. The minimum atomic E-state index is -1.25. The second kappa shape index (κ2) is 19.3. The number of fused-ring (bicyclic) bond motifs is 18. The summed E-state index contributed by atoms with van der Waals surface area (Å²) in [6, 6.07) is 55.9. The molecule has 1 spiro atoms. The molecule has 1 fully saturated rings. The van der Waals surface area contributed by atoms with Gasteiger partial charge in [0, 0.05) is 58.1 Å². The van der Waals surface area contributed by atoms with Gasteiger partial charge in [-0.15, -0.1) is 0 Å². The topological polar surface area (TPSA) is 58.5 Å². The average molecular weight is 1090 g/mol. The summed E-state index contributed by atoms with van der Waals surface area (Å²) in [4.78, 5) is 14.8. The van der Waals surface area contributed by atoms with Crippen LogP contribution >= 0.6 is 0 Å². The summed E-state index contributed by atoms with van der Waals surface area (Å²) >= 11 is 0. The highest BCUT2D eigenvalue weighted by atomic mass is 16.3. The Balaban J connectivity index is 1.09. The van der Waals surface area contributed by atoms with Gasteiger partial charge in [-0.05, 0) is 167 Å². The molecule has 6 nitrogen and oxygen atoms in total. The molecule has 0 aliphatic heterocycles. The van der Waals surface area contributed by atoms with Crippen molar-refractivity contribution in [2.45, 2.75) is 83.9 Å². The van der Waals surface area contributed by atoms with Crippen LogP contribution in [0.25, 0.3) is 77.3 Å². The zero-order valence-electron chi connectivity index (χ0n) is 56.3. The van der Waals surface area contributed by atoms with Crippen LogP contribution in [0, 0.1) is 13.8 Å². The van der Waals surface area contributed by atoms with Crippen molar-refractivity contribution in [1.82, 2.24) is 9.97 Å². The molecule has 4 atom stereocenters. The van der Waals surface area contributed by atoms with Crippen LogP contribution in [-0.4, -0.2) is 9.97 Å². The molecular weight excluding hydrogens is 1010 g/mol. The average Bonchev–Trinajstić information content (AvgIpc) is 1.49. The molecule has 3 aliphatic rings. The van der Waals surface area contributed by atoms with Gasteiger partial charge >= 0.3 is 0 Å². The monoisotopic (exact) mass is 1080 g/mol. The van der Waals surface area contributed by atoms with Crippen LogP contribution in [0.1, 0.15) is 116 Å². The molecule has 0 radical (unpaired) electrons. The van der Waals surface area contributed by atoms with Gasteiger partial charge in [-0.25, -0.2) is 9.97 Å². The number of hydrogen-bond acceptors (Lipinski definition) is 6. The molecule has 4 aromatic heterocycles.